The highest BCUT2D eigenvalue weighted by atomic mass is 79.9. The van der Waals surface area contributed by atoms with Crippen molar-refractivity contribution < 1.29 is 9.84 Å². The Morgan fingerprint density at radius 1 is 1.40 bits per heavy atom. The van der Waals surface area contributed by atoms with Crippen molar-refractivity contribution in [2.45, 2.75) is 25.8 Å². The molecule has 1 aliphatic rings. The molecule has 0 spiro atoms. The Kier molecular flexibility index (Phi) is 5.69. The molecule has 112 valence electrons. The summed E-state index contributed by atoms with van der Waals surface area (Å²) in [7, 11) is 1.59. The third kappa shape index (κ3) is 3.45. The molecular formula is C15H23BrN2O2. The van der Waals surface area contributed by atoms with Crippen molar-refractivity contribution in [3.8, 4) is 11.5 Å². The Morgan fingerprint density at radius 3 is 2.70 bits per heavy atom. The minimum Gasteiger partial charge on any atom is -0.503 e. The van der Waals surface area contributed by atoms with Gasteiger partial charge in [0.25, 0.3) is 0 Å². The molecule has 4 nitrogen and oxygen atoms in total. The van der Waals surface area contributed by atoms with E-state index in [1.165, 1.54) is 5.56 Å². The summed E-state index contributed by atoms with van der Waals surface area (Å²) in [5.41, 5.74) is 1.20. The molecule has 0 aromatic heterocycles. The van der Waals surface area contributed by atoms with Crippen LogP contribution >= 0.6 is 15.9 Å². The summed E-state index contributed by atoms with van der Waals surface area (Å²) in [5, 5.41) is 13.3. The molecule has 1 fully saturated rings. The third-order valence-electron chi connectivity index (χ3n) is 3.81. The molecule has 0 amide bonds. The predicted molar refractivity (Wildman–Crippen MR) is 84.5 cm³/mol. The second-order valence-corrected chi connectivity index (χ2v) is 6.00. The normalized spacial score (nSPS) is 17.9. The Morgan fingerprint density at radius 2 is 2.10 bits per heavy atom. The number of methoxy groups -OCH3 is 1. The molecular weight excluding hydrogens is 320 g/mol. The van der Waals surface area contributed by atoms with Crippen LogP contribution in [0.25, 0.3) is 0 Å². The van der Waals surface area contributed by atoms with Crippen LogP contribution in [0.4, 0.5) is 0 Å². The maximum atomic E-state index is 9.95. The van der Waals surface area contributed by atoms with Gasteiger partial charge in [0.2, 0.25) is 0 Å². The fourth-order valence-corrected chi connectivity index (χ4v) is 3.23. The van der Waals surface area contributed by atoms with Gasteiger partial charge in [0.15, 0.2) is 11.5 Å². The van der Waals surface area contributed by atoms with Crippen LogP contribution in [0.1, 0.15) is 31.4 Å². The molecule has 1 aromatic carbocycles. The van der Waals surface area contributed by atoms with E-state index in [0.29, 0.717) is 16.3 Å². The van der Waals surface area contributed by atoms with E-state index in [1.807, 2.05) is 12.1 Å². The number of nitrogens with one attached hydrogen (secondary N) is 1. The lowest BCUT2D eigenvalue weighted by atomic mass is 9.99. The highest BCUT2D eigenvalue weighted by Gasteiger charge is 2.23. The Labute approximate surface area is 129 Å². The van der Waals surface area contributed by atoms with Gasteiger partial charge in [0.05, 0.1) is 11.6 Å². The van der Waals surface area contributed by atoms with E-state index in [-0.39, 0.29) is 5.75 Å². The number of ether oxygens (including phenoxy) is 1. The first-order chi connectivity index (χ1) is 9.67. The maximum absolute atomic E-state index is 9.95. The zero-order valence-electron chi connectivity index (χ0n) is 12.2. The molecule has 0 bridgehead atoms. The summed E-state index contributed by atoms with van der Waals surface area (Å²) < 4.78 is 5.97. The van der Waals surface area contributed by atoms with E-state index in [2.05, 4.69) is 33.1 Å². The van der Waals surface area contributed by atoms with Crippen LogP contribution in [-0.2, 0) is 0 Å². The third-order valence-corrected chi connectivity index (χ3v) is 4.41. The summed E-state index contributed by atoms with van der Waals surface area (Å²) in [6.45, 7) is 6.41. The van der Waals surface area contributed by atoms with E-state index >= 15 is 0 Å². The first-order valence-electron chi connectivity index (χ1n) is 7.18. The first kappa shape index (κ1) is 15.6. The predicted octanol–water partition coefficient (Wildman–Crippen LogP) is 2.91. The van der Waals surface area contributed by atoms with Crippen molar-refractivity contribution >= 4 is 15.9 Å². The minimum absolute atomic E-state index is 0.173. The van der Waals surface area contributed by atoms with E-state index in [1.54, 1.807) is 7.11 Å². The van der Waals surface area contributed by atoms with Crippen molar-refractivity contribution in [1.29, 1.82) is 0 Å². The van der Waals surface area contributed by atoms with E-state index < -0.39 is 0 Å². The number of nitrogens with zero attached hydrogens (tertiary/aromatic N) is 1. The Balaban J connectivity index is 2.30. The number of hydrogen-bond acceptors (Lipinski definition) is 4. The molecule has 0 aliphatic carbocycles. The van der Waals surface area contributed by atoms with E-state index in [4.69, 9.17) is 4.74 Å². The Hall–Kier alpha value is -0.780. The van der Waals surface area contributed by atoms with Crippen molar-refractivity contribution in [2.24, 2.45) is 0 Å². The highest BCUT2D eigenvalue weighted by molar-refractivity contribution is 9.10. The van der Waals surface area contributed by atoms with Gasteiger partial charge >= 0.3 is 0 Å². The quantitative estimate of drug-likeness (QED) is 0.863. The van der Waals surface area contributed by atoms with Crippen molar-refractivity contribution in [3.05, 3.63) is 22.2 Å². The summed E-state index contributed by atoms with van der Waals surface area (Å²) in [6.07, 6.45) is 2.25. The van der Waals surface area contributed by atoms with Gasteiger partial charge in [-0.05, 0) is 40.0 Å². The number of aromatic hydroxyl groups is 1. The van der Waals surface area contributed by atoms with Gasteiger partial charge in [0.1, 0.15) is 0 Å². The van der Waals surface area contributed by atoms with Crippen molar-refractivity contribution in [2.75, 3.05) is 33.3 Å². The van der Waals surface area contributed by atoms with Crippen LogP contribution in [0, 0.1) is 0 Å². The number of hydrogen-bond donors (Lipinski definition) is 2. The average molecular weight is 343 g/mol. The molecule has 2 rings (SSSR count). The molecule has 5 heteroatoms. The molecule has 1 aromatic rings. The smallest absolute Gasteiger partial charge is 0.172 e. The zero-order chi connectivity index (χ0) is 14.5. The van der Waals surface area contributed by atoms with Gasteiger partial charge in [-0.1, -0.05) is 13.3 Å². The highest BCUT2D eigenvalue weighted by Crippen LogP contribution is 2.39. The second kappa shape index (κ2) is 7.29. The van der Waals surface area contributed by atoms with E-state index in [0.717, 1.165) is 39.0 Å². The SMILES string of the molecule is CCC[C@@H](c1cc(Br)c(O)c(OC)c1)N1CCNCC1. The molecule has 1 saturated heterocycles. The lowest BCUT2D eigenvalue weighted by Crippen LogP contribution is -2.45. The lowest BCUT2D eigenvalue weighted by molar-refractivity contribution is 0.164. The Bertz CT molecular complexity index is 448. The van der Waals surface area contributed by atoms with Crippen LogP contribution in [0.5, 0.6) is 11.5 Å². The summed E-state index contributed by atoms with van der Waals surface area (Å²) in [5.74, 6) is 0.706. The topological polar surface area (TPSA) is 44.7 Å². The molecule has 2 N–H and O–H groups in total. The lowest BCUT2D eigenvalue weighted by Gasteiger charge is -2.35. The van der Waals surface area contributed by atoms with Crippen LogP contribution in [0.15, 0.2) is 16.6 Å². The van der Waals surface area contributed by atoms with Crippen molar-refractivity contribution in [1.82, 2.24) is 10.2 Å². The van der Waals surface area contributed by atoms with Gasteiger partial charge in [-0.2, -0.15) is 0 Å². The van der Waals surface area contributed by atoms with Crippen LogP contribution in [0.2, 0.25) is 0 Å². The standard InChI is InChI=1S/C15H23BrN2O2/c1-3-4-13(18-7-5-17-6-8-18)11-9-12(16)15(19)14(10-11)20-2/h9-10,13,17,19H,3-8H2,1-2H3/t13-/m0/s1. The van der Waals surface area contributed by atoms with Gasteiger partial charge in [-0.25, -0.2) is 0 Å². The first-order valence-corrected chi connectivity index (χ1v) is 7.97. The van der Waals surface area contributed by atoms with Crippen LogP contribution < -0.4 is 10.1 Å². The monoisotopic (exact) mass is 342 g/mol. The molecule has 20 heavy (non-hydrogen) atoms. The molecule has 1 heterocycles. The van der Waals surface area contributed by atoms with Gasteiger partial charge in [-0.3, -0.25) is 4.90 Å². The average Bonchev–Trinajstić information content (AvgIpc) is 2.48. The van der Waals surface area contributed by atoms with Gasteiger partial charge < -0.3 is 15.2 Å². The molecule has 0 saturated carbocycles. The number of phenols is 1. The maximum Gasteiger partial charge on any atom is 0.172 e. The minimum atomic E-state index is 0.173. The number of piperazine rings is 1. The number of rotatable bonds is 5. The summed E-state index contributed by atoms with van der Waals surface area (Å²) in [4.78, 5) is 2.51. The number of benzene rings is 1. The number of halogens is 1. The van der Waals surface area contributed by atoms with E-state index in [9.17, 15) is 5.11 Å². The van der Waals surface area contributed by atoms with Gasteiger partial charge in [-0.15, -0.1) is 0 Å². The molecule has 0 radical (unpaired) electrons. The molecule has 1 atom stereocenters. The summed E-state index contributed by atoms with van der Waals surface area (Å²) in [6, 6.07) is 4.36. The van der Waals surface area contributed by atoms with Crippen molar-refractivity contribution in [3.63, 3.8) is 0 Å². The second-order valence-electron chi connectivity index (χ2n) is 5.14. The van der Waals surface area contributed by atoms with Crippen LogP contribution in [0.3, 0.4) is 0 Å². The number of phenolic OH excluding ortho intramolecular Hbond substituents is 1. The largest absolute Gasteiger partial charge is 0.503 e. The molecule has 0 unspecified atom stereocenters. The fourth-order valence-electron chi connectivity index (χ4n) is 2.77. The van der Waals surface area contributed by atoms with Crippen LogP contribution in [-0.4, -0.2) is 43.3 Å². The fraction of sp³-hybridized carbons (Fsp3) is 0.600. The molecule has 1 aliphatic heterocycles. The zero-order valence-corrected chi connectivity index (χ0v) is 13.7. The summed E-state index contributed by atoms with van der Waals surface area (Å²) >= 11 is 3.42. The van der Waals surface area contributed by atoms with Gasteiger partial charge in [0, 0.05) is 32.2 Å².